The van der Waals surface area contributed by atoms with Gasteiger partial charge < -0.3 is 15.2 Å². The van der Waals surface area contributed by atoms with E-state index >= 15 is 0 Å². The molecule has 0 bridgehead atoms. The maximum absolute atomic E-state index is 12.9. The Labute approximate surface area is 168 Å². The van der Waals surface area contributed by atoms with Crippen molar-refractivity contribution in [1.82, 2.24) is 14.9 Å². The monoisotopic (exact) mass is 388 g/mol. The number of hydrogen-bond acceptors (Lipinski definition) is 4. The Morgan fingerprint density at radius 1 is 1.21 bits per heavy atom. The first-order valence-electron chi connectivity index (χ1n) is 8.93. The van der Waals surface area contributed by atoms with Crippen LogP contribution in [0, 0.1) is 26.2 Å². The van der Waals surface area contributed by atoms with Crippen molar-refractivity contribution in [2.45, 2.75) is 13.8 Å². The van der Waals surface area contributed by atoms with E-state index in [0.29, 0.717) is 22.6 Å². The molecule has 146 valence electrons. The van der Waals surface area contributed by atoms with E-state index in [1.807, 2.05) is 24.3 Å². The number of hydrogen-bond donors (Lipinski definition) is 2. The van der Waals surface area contributed by atoms with Gasteiger partial charge in [0.15, 0.2) is 0 Å². The third-order valence-electron chi connectivity index (χ3n) is 4.79. The Hall–Kier alpha value is -3.92. The van der Waals surface area contributed by atoms with Crippen molar-refractivity contribution in [2.24, 2.45) is 7.05 Å². The number of pyridine rings is 1. The first-order valence-corrected chi connectivity index (χ1v) is 8.93. The maximum atomic E-state index is 12.9. The van der Waals surface area contributed by atoms with Gasteiger partial charge in [0.25, 0.3) is 17.6 Å². The van der Waals surface area contributed by atoms with Crippen LogP contribution in [0.2, 0.25) is 0 Å². The fraction of sp³-hybridized carbons (Fsp3) is 0.182. The van der Waals surface area contributed by atoms with Crippen LogP contribution in [0.4, 0.5) is 5.69 Å². The number of carbonyl (C=O) groups is 3. The summed E-state index contributed by atoms with van der Waals surface area (Å²) in [6.45, 7) is 3.29. The highest BCUT2D eigenvalue weighted by molar-refractivity contribution is 6.43. The number of ketones is 1. The summed E-state index contributed by atoms with van der Waals surface area (Å²) in [6, 6.07) is 9.13. The molecule has 0 fully saturated rings. The van der Waals surface area contributed by atoms with Crippen molar-refractivity contribution in [3.8, 4) is 12.3 Å². The fourth-order valence-electron chi connectivity index (χ4n) is 3.30. The second-order valence-corrected chi connectivity index (χ2v) is 6.57. The van der Waals surface area contributed by atoms with Gasteiger partial charge in [-0.1, -0.05) is 12.0 Å². The number of nitrogens with one attached hydrogen (secondary N) is 2. The number of terminal acetylenes is 1. The lowest BCUT2D eigenvalue weighted by Crippen LogP contribution is -2.31. The molecule has 0 aliphatic heterocycles. The second kappa shape index (κ2) is 7.98. The molecule has 1 aromatic carbocycles. The number of carbonyl (C=O) groups excluding carboxylic acids is 3. The number of Topliss-reactive ketones (excluding diaryl/α,β-unsaturated/α-hetero) is 1. The third kappa shape index (κ3) is 3.73. The number of benzene rings is 1. The lowest BCUT2D eigenvalue weighted by atomic mass is 10.0. The summed E-state index contributed by atoms with van der Waals surface area (Å²) < 4.78 is 1.61. The van der Waals surface area contributed by atoms with Gasteiger partial charge in [-0.3, -0.25) is 19.4 Å². The standard InChI is InChI=1S/C22H20N4O3/c1-5-10-24-22(29)20(27)18-13(2)19(26(4)14(18)3)21(28)25-16-8-9-17-15(12-16)7-6-11-23-17/h1,6-9,11-12H,10H2,2-4H3,(H,24,29)(H,25,28). The largest absolute Gasteiger partial charge is 0.343 e. The average Bonchev–Trinajstić information content (AvgIpc) is 2.93. The Bertz CT molecular complexity index is 1180. The highest BCUT2D eigenvalue weighted by Crippen LogP contribution is 2.24. The lowest BCUT2D eigenvalue weighted by Gasteiger charge is -2.09. The number of rotatable bonds is 5. The van der Waals surface area contributed by atoms with E-state index in [0.717, 1.165) is 10.9 Å². The van der Waals surface area contributed by atoms with Crippen molar-refractivity contribution in [2.75, 3.05) is 11.9 Å². The van der Waals surface area contributed by atoms with Gasteiger partial charge in [-0.05, 0) is 43.7 Å². The molecule has 0 radical (unpaired) electrons. The minimum atomic E-state index is -0.797. The van der Waals surface area contributed by atoms with Crippen LogP contribution >= 0.6 is 0 Å². The summed E-state index contributed by atoms with van der Waals surface area (Å²) in [7, 11) is 1.68. The van der Waals surface area contributed by atoms with Crippen molar-refractivity contribution in [3.05, 3.63) is 59.0 Å². The zero-order chi connectivity index (χ0) is 21.1. The van der Waals surface area contributed by atoms with Crippen LogP contribution in [0.3, 0.4) is 0 Å². The summed E-state index contributed by atoms with van der Waals surface area (Å²) in [4.78, 5) is 41.8. The molecular weight excluding hydrogens is 368 g/mol. The Balaban J connectivity index is 1.92. The molecule has 2 amide bonds. The minimum Gasteiger partial charge on any atom is -0.343 e. The Morgan fingerprint density at radius 3 is 2.69 bits per heavy atom. The van der Waals surface area contributed by atoms with Gasteiger partial charge in [-0.2, -0.15) is 0 Å². The molecule has 0 saturated heterocycles. The predicted octanol–water partition coefficient (Wildman–Crippen LogP) is 2.37. The number of amides is 2. The van der Waals surface area contributed by atoms with Crippen molar-refractivity contribution >= 4 is 34.2 Å². The van der Waals surface area contributed by atoms with Crippen molar-refractivity contribution < 1.29 is 14.4 Å². The number of aromatic nitrogens is 2. The van der Waals surface area contributed by atoms with Crippen LogP contribution in [0.25, 0.3) is 10.9 Å². The summed E-state index contributed by atoms with van der Waals surface area (Å²) >= 11 is 0. The Kier molecular flexibility index (Phi) is 5.46. The van der Waals surface area contributed by atoms with Crippen LogP contribution < -0.4 is 10.6 Å². The molecule has 2 aromatic heterocycles. The van der Waals surface area contributed by atoms with E-state index < -0.39 is 11.7 Å². The summed E-state index contributed by atoms with van der Waals surface area (Å²) in [5, 5.41) is 6.10. The number of fused-ring (bicyclic) bond motifs is 1. The Morgan fingerprint density at radius 2 is 1.97 bits per heavy atom. The smallest absolute Gasteiger partial charge is 0.293 e. The first-order chi connectivity index (χ1) is 13.8. The molecule has 3 rings (SSSR count). The zero-order valence-electron chi connectivity index (χ0n) is 16.4. The van der Waals surface area contributed by atoms with E-state index in [9.17, 15) is 14.4 Å². The van der Waals surface area contributed by atoms with Gasteiger partial charge in [0.1, 0.15) is 5.69 Å². The molecule has 0 atom stereocenters. The molecule has 29 heavy (non-hydrogen) atoms. The van der Waals surface area contributed by atoms with E-state index in [1.165, 1.54) is 0 Å². The van der Waals surface area contributed by atoms with Crippen LogP contribution in [0.5, 0.6) is 0 Å². The first kappa shape index (κ1) is 19.8. The molecular formula is C22H20N4O3. The van der Waals surface area contributed by atoms with Crippen molar-refractivity contribution in [3.63, 3.8) is 0 Å². The highest BCUT2D eigenvalue weighted by atomic mass is 16.2. The molecule has 0 unspecified atom stereocenters. The lowest BCUT2D eigenvalue weighted by molar-refractivity contribution is -0.116. The SMILES string of the molecule is C#CCNC(=O)C(=O)c1c(C)c(C(=O)Nc2ccc3ncccc3c2)n(C)c1C. The molecule has 3 aromatic rings. The van der Waals surface area contributed by atoms with E-state index in [-0.39, 0.29) is 18.0 Å². The van der Waals surface area contributed by atoms with Crippen LogP contribution in [0.1, 0.15) is 32.1 Å². The van der Waals surface area contributed by atoms with Gasteiger partial charge in [0.2, 0.25) is 0 Å². The van der Waals surface area contributed by atoms with Gasteiger partial charge in [0.05, 0.1) is 17.6 Å². The second-order valence-electron chi connectivity index (χ2n) is 6.57. The van der Waals surface area contributed by atoms with E-state index in [2.05, 4.69) is 21.5 Å². The average molecular weight is 388 g/mol. The molecule has 0 saturated carbocycles. The number of anilines is 1. The fourth-order valence-corrected chi connectivity index (χ4v) is 3.30. The van der Waals surface area contributed by atoms with Gasteiger partial charge in [0, 0.05) is 30.0 Å². The molecule has 0 aliphatic rings. The quantitative estimate of drug-likeness (QED) is 0.399. The molecule has 7 heteroatoms. The van der Waals surface area contributed by atoms with Gasteiger partial charge in [-0.15, -0.1) is 6.42 Å². The molecule has 0 aliphatic carbocycles. The summed E-state index contributed by atoms with van der Waals surface area (Å²) in [5.41, 5.74) is 2.90. The van der Waals surface area contributed by atoms with Crippen LogP contribution in [0.15, 0.2) is 36.5 Å². The molecule has 2 N–H and O–H groups in total. The van der Waals surface area contributed by atoms with E-state index in [4.69, 9.17) is 6.42 Å². The maximum Gasteiger partial charge on any atom is 0.293 e. The molecule has 2 heterocycles. The zero-order valence-corrected chi connectivity index (χ0v) is 16.4. The minimum absolute atomic E-state index is 0.0420. The highest BCUT2D eigenvalue weighted by Gasteiger charge is 2.28. The van der Waals surface area contributed by atoms with Crippen LogP contribution in [-0.2, 0) is 11.8 Å². The van der Waals surface area contributed by atoms with E-state index in [1.54, 1.807) is 37.7 Å². The topological polar surface area (TPSA) is 93.1 Å². The molecule has 7 nitrogen and oxygen atoms in total. The van der Waals surface area contributed by atoms with Gasteiger partial charge >= 0.3 is 0 Å². The summed E-state index contributed by atoms with van der Waals surface area (Å²) in [6.07, 6.45) is 6.82. The predicted molar refractivity (Wildman–Crippen MR) is 111 cm³/mol. The van der Waals surface area contributed by atoms with Gasteiger partial charge in [-0.25, -0.2) is 0 Å². The number of nitrogens with zero attached hydrogens (tertiary/aromatic N) is 2. The van der Waals surface area contributed by atoms with Crippen LogP contribution in [-0.4, -0.2) is 33.7 Å². The molecule has 0 spiro atoms. The third-order valence-corrected chi connectivity index (χ3v) is 4.79. The summed E-state index contributed by atoms with van der Waals surface area (Å²) in [5.74, 6) is 0.357. The van der Waals surface area contributed by atoms with Crippen molar-refractivity contribution in [1.29, 1.82) is 0 Å². The normalized spacial score (nSPS) is 10.4.